The van der Waals surface area contributed by atoms with E-state index in [1.807, 2.05) is 170 Å². The van der Waals surface area contributed by atoms with Crippen molar-refractivity contribution in [2.24, 2.45) is 0 Å². The first-order valence-corrected chi connectivity index (χ1v) is 22.0. The molecule has 0 unspecified atom stereocenters. The Morgan fingerprint density at radius 2 is 0.754 bits per heavy atom. The highest BCUT2D eigenvalue weighted by molar-refractivity contribution is 6.12. The van der Waals surface area contributed by atoms with E-state index < -0.39 is 34.6 Å². The minimum atomic E-state index is -2.28. The normalized spacial score (nSPS) is 11.5. The zero-order valence-corrected chi connectivity index (χ0v) is 36.1. The molecule has 4 aromatic heterocycles. The largest absolute Gasteiger partial charge is 0.309 e. The van der Waals surface area contributed by atoms with Crippen LogP contribution < -0.4 is 0 Å². The van der Waals surface area contributed by atoms with Gasteiger partial charge < -0.3 is 9.13 Å². The Kier molecular flexibility index (Phi) is 9.74. The van der Waals surface area contributed by atoms with Crippen molar-refractivity contribution >= 4 is 43.6 Å². The van der Waals surface area contributed by atoms with Crippen LogP contribution >= 0.6 is 0 Å². The van der Waals surface area contributed by atoms with Crippen molar-refractivity contribution in [2.75, 3.05) is 0 Å². The van der Waals surface area contributed by atoms with Crippen molar-refractivity contribution in [1.29, 1.82) is 5.26 Å². The Balaban J connectivity index is 1.15. The van der Waals surface area contributed by atoms with Crippen molar-refractivity contribution in [2.45, 2.75) is 0 Å². The molecular weight excluding hydrogens is 874 g/mol. The predicted octanol–water partition coefficient (Wildman–Crippen LogP) is 15.6. The minimum absolute atomic E-state index is 0.0104. The first-order chi connectivity index (χ1) is 33.8. The predicted molar refractivity (Wildman–Crippen MR) is 262 cm³/mol. The number of aromatic nitrogens is 4. The van der Waals surface area contributed by atoms with E-state index in [2.05, 4.69) is 6.07 Å². The summed E-state index contributed by atoms with van der Waals surface area (Å²) < 4.78 is 82.5. The van der Waals surface area contributed by atoms with Crippen LogP contribution in [0, 0.1) is 40.4 Å². The molecule has 0 N–H and O–H groups in total. The molecule has 0 amide bonds. The zero-order valence-electron chi connectivity index (χ0n) is 36.1. The highest BCUT2D eigenvalue weighted by atomic mass is 19.2. The number of fused-ring (bicyclic) bond motifs is 6. The summed E-state index contributed by atoms with van der Waals surface area (Å²) in [6, 6.07) is 62.4. The molecule has 0 aliphatic heterocycles. The Hall–Kier alpha value is -9.20. The van der Waals surface area contributed by atoms with Crippen LogP contribution in [0.15, 0.2) is 194 Å². The Labute approximate surface area is 390 Å². The smallest absolute Gasteiger partial charge is 0.200 e. The summed E-state index contributed by atoms with van der Waals surface area (Å²) in [5.41, 5.74) is 7.18. The van der Waals surface area contributed by atoms with Crippen LogP contribution in [-0.2, 0) is 0 Å². The Bertz CT molecular complexity index is 4070. The van der Waals surface area contributed by atoms with Gasteiger partial charge in [-0.15, -0.1) is 0 Å². The maximum Gasteiger partial charge on any atom is 0.200 e. The van der Waals surface area contributed by atoms with E-state index in [4.69, 9.17) is 9.97 Å². The first kappa shape index (κ1) is 41.2. The number of rotatable bonds is 7. The number of benzene rings is 8. The van der Waals surface area contributed by atoms with E-state index >= 15 is 17.6 Å². The van der Waals surface area contributed by atoms with Crippen LogP contribution in [-0.4, -0.2) is 19.1 Å². The van der Waals surface area contributed by atoms with Crippen molar-refractivity contribution in [3.8, 4) is 73.6 Å². The molecule has 0 saturated carbocycles. The summed E-state index contributed by atoms with van der Waals surface area (Å²) in [6.07, 6.45) is 0. The zero-order chi connectivity index (χ0) is 46.9. The summed E-state index contributed by atoms with van der Waals surface area (Å²) in [4.78, 5) is 9.96. The molecule has 5 nitrogen and oxygen atoms in total. The number of para-hydroxylation sites is 2. The van der Waals surface area contributed by atoms with Gasteiger partial charge in [0.1, 0.15) is 6.07 Å². The second-order valence-electron chi connectivity index (χ2n) is 16.7. The molecule has 0 spiro atoms. The molecule has 12 rings (SSSR count). The van der Waals surface area contributed by atoms with Crippen molar-refractivity contribution < 1.29 is 22.0 Å². The summed E-state index contributed by atoms with van der Waals surface area (Å²) in [6.45, 7) is 0. The van der Waals surface area contributed by atoms with Gasteiger partial charge >= 0.3 is 0 Å². The molecule has 69 heavy (non-hydrogen) atoms. The van der Waals surface area contributed by atoms with Crippen LogP contribution in [0.2, 0.25) is 0 Å². The summed E-state index contributed by atoms with van der Waals surface area (Å²) in [7, 11) is 0. The fourth-order valence-corrected chi connectivity index (χ4v) is 9.59. The third-order valence-corrected chi connectivity index (χ3v) is 12.8. The molecule has 0 aliphatic rings. The summed E-state index contributed by atoms with van der Waals surface area (Å²) >= 11 is 0. The second-order valence-corrected chi connectivity index (χ2v) is 16.7. The molecule has 0 radical (unpaired) electrons. The van der Waals surface area contributed by atoms with Gasteiger partial charge in [0, 0.05) is 49.4 Å². The van der Waals surface area contributed by atoms with Gasteiger partial charge in [-0.3, -0.25) is 0 Å². The summed E-state index contributed by atoms with van der Waals surface area (Å²) in [5.74, 6) is -10.5. The fraction of sp³-hybridized carbons (Fsp3) is 0. The molecule has 0 bridgehead atoms. The van der Waals surface area contributed by atoms with E-state index in [0.717, 1.165) is 49.6 Å². The highest BCUT2D eigenvalue weighted by Crippen LogP contribution is 2.44. The van der Waals surface area contributed by atoms with Crippen LogP contribution in [0.3, 0.4) is 0 Å². The molecule has 10 heteroatoms. The average molecular weight is 906 g/mol. The quantitative estimate of drug-likeness (QED) is 0.0909. The fourth-order valence-electron chi connectivity index (χ4n) is 9.59. The molecule has 0 fully saturated rings. The molecule has 328 valence electrons. The van der Waals surface area contributed by atoms with Gasteiger partial charge in [0.2, 0.25) is 5.82 Å². The van der Waals surface area contributed by atoms with Crippen LogP contribution in [0.4, 0.5) is 22.0 Å². The van der Waals surface area contributed by atoms with Gasteiger partial charge in [-0.2, -0.15) is 5.26 Å². The lowest BCUT2D eigenvalue weighted by atomic mass is 9.97. The van der Waals surface area contributed by atoms with Crippen LogP contribution in [0.25, 0.3) is 111 Å². The summed E-state index contributed by atoms with van der Waals surface area (Å²) in [5, 5.41) is 14.3. The number of hydrogen-bond donors (Lipinski definition) is 0. The lowest BCUT2D eigenvalue weighted by Crippen LogP contribution is -2.08. The molecule has 0 saturated heterocycles. The maximum atomic E-state index is 16.5. The molecule has 0 atom stereocenters. The van der Waals surface area contributed by atoms with Crippen molar-refractivity contribution in [1.82, 2.24) is 19.1 Å². The highest BCUT2D eigenvalue weighted by Gasteiger charge is 2.31. The maximum absolute atomic E-state index is 16.5. The molecule has 12 aromatic rings. The van der Waals surface area contributed by atoms with Gasteiger partial charge in [0.25, 0.3) is 0 Å². The van der Waals surface area contributed by atoms with Crippen molar-refractivity contribution in [3.05, 3.63) is 229 Å². The Morgan fingerprint density at radius 1 is 0.348 bits per heavy atom. The minimum Gasteiger partial charge on any atom is -0.309 e. The van der Waals surface area contributed by atoms with Gasteiger partial charge in [-0.25, -0.2) is 31.9 Å². The third kappa shape index (κ3) is 6.66. The first-order valence-electron chi connectivity index (χ1n) is 22.0. The SMILES string of the molecule is N#Cc1cc(-n2c3ccccc3c3ccc(-c4cccc(-c5ccccc5)n4)cc32)c(-c2c(F)c(F)c(F)c(F)c2F)cc1-n1c2ccccc2c2ccc(-c3cccc(-c4ccccc4)n3)cc21. The molecule has 4 heterocycles. The van der Waals surface area contributed by atoms with Gasteiger partial charge in [-0.05, 0) is 60.7 Å². The van der Waals surface area contributed by atoms with E-state index in [9.17, 15) is 9.65 Å². The van der Waals surface area contributed by atoms with Crippen LogP contribution in [0.1, 0.15) is 5.56 Å². The van der Waals surface area contributed by atoms with E-state index in [1.165, 1.54) is 12.1 Å². The van der Waals surface area contributed by atoms with Crippen LogP contribution in [0.5, 0.6) is 0 Å². The van der Waals surface area contributed by atoms with E-state index in [0.29, 0.717) is 39.0 Å². The number of nitrogens with zero attached hydrogens (tertiary/aromatic N) is 5. The van der Waals surface area contributed by atoms with Gasteiger partial charge in [0.15, 0.2) is 23.3 Å². The number of hydrogen-bond acceptors (Lipinski definition) is 3. The Morgan fingerprint density at radius 3 is 1.23 bits per heavy atom. The van der Waals surface area contributed by atoms with Crippen molar-refractivity contribution in [3.63, 3.8) is 0 Å². The standard InChI is InChI=1S/C59H32F5N5/c60-55-54(56(61)58(63)59(64)57(55)62)43-32-50(68-48-23-9-7-17-39(48)41-27-25-36(29-51(41)68)46-21-11-19-44(66-46)34-13-3-1-4-14-34)38(33-65)31-53(43)69-49-24-10-8-18-40(49)42-28-26-37(30-52(42)69)47-22-12-20-45(67-47)35-15-5-2-6-16-35/h1-32H. The number of nitriles is 1. The monoisotopic (exact) mass is 905 g/mol. The molecular formula is C59H32F5N5. The topological polar surface area (TPSA) is 59.4 Å². The molecule has 0 aliphatic carbocycles. The van der Waals surface area contributed by atoms with Gasteiger partial charge in [-0.1, -0.05) is 133 Å². The average Bonchev–Trinajstić information content (AvgIpc) is 3.92. The number of halogens is 5. The second kappa shape index (κ2) is 16.3. The lowest BCUT2D eigenvalue weighted by Gasteiger charge is -2.20. The number of pyridine rings is 2. The third-order valence-electron chi connectivity index (χ3n) is 12.8. The lowest BCUT2D eigenvalue weighted by molar-refractivity contribution is 0.381. The van der Waals surface area contributed by atoms with E-state index in [1.54, 1.807) is 21.3 Å². The van der Waals surface area contributed by atoms with E-state index in [-0.39, 0.29) is 22.5 Å². The molecule has 8 aromatic carbocycles. The van der Waals surface area contributed by atoms with Gasteiger partial charge in [0.05, 0.1) is 67.3 Å².